The van der Waals surface area contributed by atoms with Gasteiger partial charge in [0.1, 0.15) is 14.8 Å². The van der Waals surface area contributed by atoms with E-state index in [1.165, 1.54) is 18.4 Å². The van der Waals surface area contributed by atoms with Gasteiger partial charge >= 0.3 is 0 Å². The number of ether oxygens (including phenoxy) is 2. The van der Waals surface area contributed by atoms with Gasteiger partial charge in [-0.1, -0.05) is 6.07 Å². The molecule has 1 N–H and O–H groups in total. The lowest BCUT2D eigenvalue weighted by atomic mass is 10.1. The van der Waals surface area contributed by atoms with Crippen LogP contribution in [-0.4, -0.2) is 57.9 Å². The number of carbonyl (C=O) groups is 2. The van der Waals surface area contributed by atoms with Crippen LogP contribution in [0.3, 0.4) is 0 Å². The molecule has 1 aromatic heterocycles. The summed E-state index contributed by atoms with van der Waals surface area (Å²) >= 11 is 1.26. The molecule has 1 unspecified atom stereocenters. The van der Waals surface area contributed by atoms with Gasteiger partial charge < -0.3 is 14.8 Å². The maximum Gasteiger partial charge on any atom is 0.265 e. The quantitative estimate of drug-likeness (QED) is 0.632. The van der Waals surface area contributed by atoms with E-state index in [-0.39, 0.29) is 11.1 Å². The SMILES string of the molecule is CCOc1cc(C(CS(C)(=O)=O)N2C(=O)c3csc(NC)c3C2=O)ccc1OC. The van der Waals surface area contributed by atoms with Gasteiger partial charge in [-0.2, -0.15) is 0 Å². The highest BCUT2D eigenvalue weighted by Crippen LogP contribution is 2.40. The Morgan fingerprint density at radius 2 is 1.93 bits per heavy atom. The van der Waals surface area contributed by atoms with E-state index in [0.717, 1.165) is 11.2 Å². The zero-order valence-electron chi connectivity index (χ0n) is 16.5. The minimum atomic E-state index is -3.51. The Balaban J connectivity index is 2.10. The molecule has 2 heterocycles. The van der Waals surface area contributed by atoms with Crippen molar-refractivity contribution in [2.45, 2.75) is 13.0 Å². The molecule has 1 atom stereocenters. The first-order valence-corrected chi connectivity index (χ1v) is 11.8. The van der Waals surface area contributed by atoms with Crippen LogP contribution in [0.1, 0.15) is 39.2 Å². The first-order chi connectivity index (χ1) is 13.7. The molecule has 1 aliphatic rings. The van der Waals surface area contributed by atoms with Gasteiger partial charge in [-0.25, -0.2) is 8.42 Å². The molecule has 0 spiro atoms. The molecule has 1 aliphatic heterocycles. The first kappa shape index (κ1) is 21.1. The van der Waals surface area contributed by atoms with Crippen molar-refractivity contribution in [1.82, 2.24) is 4.90 Å². The fourth-order valence-corrected chi connectivity index (χ4v) is 5.11. The zero-order chi connectivity index (χ0) is 21.3. The third-order valence-corrected chi connectivity index (χ3v) is 6.46. The molecular weight excluding hydrogens is 416 g/mol. The van der Waals surface area contributed by atoms with Crippen LogP contribution in [0.2, 0.25) is 0 Å². The van der Waals surface area contributed by atoms with E-state index in [1.807, 2.05) is 6.92 Å². The molecule has 156 valence electrons. The lowest BCUT2D eigenvalue weighted by Gasteiger charge is -2.27. The van der Waals surface area contributed by atoms with Crippen LogP contribution < -0.4 is 14.8 Å². The third kappa shape index (κ3) is 3.95. The van der Waals surface area contributed by atoms with Crippen molar-refractivity contribution in [3.8, 4) is 11.5 Å². The highest BCUT2D eigenvalue weighted by Gasteiger charge is 2.44. The molecule has 0 saturated heterocycles. The second kappa shape index (κ2) is 8.03. The number of hydrogen-bond acceptors (Lipinski definition) is 8. The molecule has 29 heavy (non-hydrogen) atoms. The van der Waals surface area contributed by atoms with Gasteiger partial charge in [0.25, 0.3) is 11.8 Å². The molecular formula is C19H22N2O6S2. The largest absolute Gasteiger partial charge is 0.493 e. The van der Waals surface area contributed by atoms with Crippen LogP contribution >= 0.6 is 11.3 Å². The van der Waals surface area contributed by atoms with Gasteiger partial charge in [0, 0.05) is 18.7 Å². The summed E-state index contributed by atoms with van der Waals surface area (Å²) in [6.07, 6.45) is 1.08. The molecule has 1 aromatic carbocycles. The van der Waals surface area contributed by atoms with E-state index < -0.39 is 33.4 Å². The average Bonchev–Trinajstić information content (AvgIpc) is 3.19. The Morgan fingerprint density at radius 3 is 2.52 bits per heavy atom. The summed E-state index contributed by atoms with van der Waals surface area (Å²) in [6.45, 7) is 2.19. The van der Waals surface area contributed by atoms with Crippen molar-refractivity contribution in [3.63, 3.8) is 0 Å². The summed E-state index contributed by atoms with van der Waals surface area (Å²) in [6, 6.07) is 3.90. The number of anilines is 1. The minimum Gasteiger partial charge on any atom is -0.493 e. The highest BCUT2D eigenvalue weighted by atomic mass is 32.2. The lowest BCUT2D eigenvalue weighted by Crippen LogP contribution is -2.38. The number of nitrogens with one attached hydrogen (secondary N) is 1. The summed E-state index contributed by atoms with van der Waals surface area (Å²) in [5, 5.41) is 5.09. The maximum atomic E-state index is 13.1. The third-order valence-electron chi connectivity index (χ3n) is 4.54. The predicted molar refractivity (Wildman–Crippen MR) is 111 cm³/mol. The van der Waals surface area contributed by atoms with Crippen molar-refractivity contribution in [3.05, 3.63) is 40.3 Å². The van der Waals surface area contributed by atoms with E-state index in [1.54, 1.807) is 30.6 Å². The van der Waals surface area contributed by atoms with Gasteiger partial charge in [0.2, 0.25) is 0 Å². The van der Waals surface area contributed by atoms with Crippen LogP contribution in [0.25, 0.3) is 0 Å². The van der Waals surface area contributed by atoms with Crippen molar-refractivity contribution < 1.29 is 27.5 Å². The average molecular weight is 439 g/mol. The Labute approximate surface area is 173 Å². The monoisotopic (exact) mass is 438 g/mol. The Kier molecular flexibility index (Phi) is 5.85. The van der Waals surface area contributed by atoms with E-state index in [4.69, 9.17) is 9.47 Å². The molecule has 0 bridgehead atoms. The van der Waals surface area contributed by atoms with Gasteiger partial charge in [-0.3, -0.25) is 14.5 Å². The van der Waals surface area contributed by atoms with E-state index in [9.17, 15) is 18.0 Å². The molecule has 2 aromatic rings. The normalized spacial score (nSPS) is 14.7. The minimum absolute atomic E-state index is 0.277. The number of rotatable bonds is 8. The van der Waals surface area contributed by atoms with Crippen LogP contribution in [0.5, 0.6) is 11.5 Å². The Hall–Kier alpha value is -2.59. The highest BCUT2D eigenvalue weighted by molar-refractivity contribution is 7.90. The first-order valence-electron chi connectivity index (χ1n) is 8.87. The summed E-state index contributed by atoms with van der Waals surface area (Å²) in [7, 11) is -0.353. The van der Waals surface area contributed by atoms with Crippen LogP contribution in [0.4, 0.5) is 5.00 Å². The maximum absolute atomic E-state index is 13.1. The molecule has 3 rings (SSSR count). The van der Waals surface area contributed by atoms with Crippen molar-refractivity contribution in [1.29, 1.82) is 0 Å². The summed E-state index contributed by atoms with van der Waals surface area (Å²) in [4.78, 5) is 27.1. The van der Waals surface area contributed by atoms with Crippen molar-refractivity contribution in [2.24, 2.45) is 0 Å². The fraction of sp³-hybridized carbons (Fsp3) is 0.368. The molecule has 0 saturated carbocycles. The van der Waals surface area contributed by atoms with E-state index in [0.29, 0.717) is 28.7 Å². The number of hydrogen-bond donors (Lipinski definition) is 1. The van der Waals surface area contributed by atoms with Crippen molar-refractivity contribution in [2.75, 3.05) is 38.1 Å². The summed E-state index contributed by atoms with van der Waals surface area (Å²) in [5.41, 5.74) is 1.03. The number of imide groups is 1. The number of methoxy groups -OCH3 is 1. The number of nitrogens with zero attached hydrogens (tertiary/aromatic N) is 1. The number of amides is 2. The summed E-state index contributed by atoms with van der Waals surface area (Å²) < 4.78 is 35.1. The second-order valence-electron chi connectivity index (χ2n) is 6.54. The molecule has 2 amide bonds. The molecule has 10 heteroatoms. The van der Waals surface area contributed by atoms with Crippen molar-refractivity contribution >= 4 is 38.0 Å². The number of benzene rings is 1. The van der Waals surface area contributed by atoms with E-state index >= 15 is 0 Å². The smallest absolute Gasteiger partial charge is 0.265 e. The van der Waals surface area contributed by atoms with Crippen LogP contribution in [-0.2, 0) is 9.84 Å². The predicted octanol–water partition coefficient (Wildman–Crippen LogP) is 2.58. The molecule has 0 aliphatic carbocycles. The zero-order valence-corrected chi connectivity index (χ0v) is 18.1. The van der Waals surface area contributed by atoms with Gasteiger partial charge in [-0.15, -0.1) is 11.3 Å². The fourth-order valence-electron chi connectivity index (χ4n) is 3.31. The molecule has 0 radical (unpaired) electrons. The summed E-state index contributed by atoms with van der Waals surface area (Å²) in [5.74, 6) is -0.535. The number of thiophene rings is 1. The topological polar surface area (TPSA) is 102 Å². The number of carbonyl (C=O) groups excluding carboxylic acids is 2. The van der Waals surface area contributed by atoms with Crippen LogP contribution in [0, 0.1) is 0 Å². The van der Waals surface area contributed by atoms with E-state index in [2.05, 4.69) is 5.32 Å². The number of fused-ring (bicyclic) bond motifs is 1. The molecule has 0 fully saturated rings. The second-order valence-corrected chi connectivity index (χ2v) is 9.60. The standard InChI is InChI=1S/C19H22N2O6S2/c1-5-27-15-8-11(6-7-14(15)26-3)13(10-29(4,24)25)21-18(22)12-9-28-17(20-2)16(12)19(21)23/h6-9,13,20H,5,10H2,1-4H3. The number of sulfone groups is 1. The van der Waals surface area contributed by atoms with Gasteiger partial charge in [0.05, 0.1) is 36.6 Å². The Morgan fingerprint density at radius 1 is 1.21 bits per heavy atom. The Bertz CT molecular complexity index is 1060. The lowest BCUT2D eigenvalue weighted by molar-refractivity contribution is 0.0597. The van der Waals surface area contributed by atoms with Gasteiger partial charge in [-0.05, 0) is 24.6 Å². The van der Waals surface area contributed by atoms with Crippen LogP contribution in [0.15, 0.2) is 23.6 Å². The van der Waals surface area contributed by atoms with Gasteiger partial charge in [0.15, 0.2) is 11.5 Å². The molecule has 8 nitrogen and oxygen atoms in total.